The fourth-order valence-corrected chi connectivity index (χ4v) is 4.49. The van der Waals surface area contributed by atoms with E-state index in [-0.39, 0.29) is 10.8 Å². The lowest BCUT2D eigenvalue weighted by Crippen LogP contribution is -2.32. The molecule has 0 aromatic heterocycles. The third-order valence-corrected chi connectivity index (χ3v) is 6.26. The van der Waals surface area contributed by atoms with Crippen LogP contribution in [0.3, 0.4) is 0 Å². The molecule has 0 bridgehead atoms. The highest BCUT2D eigenvalue weighted by Crippen LogP contribution is 2.21. The van der Waals surface area contributed by atoms with Gasteiger partial charge in [-0.15, -0.1) is 0 Å². The van der Waals surface area contributed by atoms with E-state index in [9.17, 15) is 13.2 Å². The Bertz CT molecular complexity index is 666. The molecule has 0 saturated carbocycles. The van der Waals surface area contributed by atoms with Crippen LogP contribution in [0, 0.1) is 0 Å². The Kier molecular flexibility index (Phi) is 7.40. The zero-order valence-corrected chi connectivity index (χ0v) is 16.0. The van der Waals surface area contributed by atoms with E-state index in [1.807, 2.05) is 14.1 Å². The van der Waals surface area contributed by atoms with Gasteiger partial charge in [0.2, 0.25) is 10.0 Å². The van der Waals surface area contributed by atoms with Gasteiger partial charge in [-0.2, -0.15) is 4.31 Å². The summed E-state index contributed by atoms with van der Waals surface area (Å²) in [6, 6.07) is 6.35. The van der Waals surface area contributed by atoms with E-state index in [1.165, 1.54) is 6.07 Å². The molecule has 1 heterocycles. The SMILES string of the molecule is CN(C)CCCNC(=O)c1cccc(S(=O)(=O)N2CCCCCC2)c1. The average Bonchev–Trinajstić information content (AvgIpc) is 2.88. The molecule has 1 amide bonds. The van der Waals surface area contributed by atoms with Crippen LogP contribution in [-0.2, 0) is 10.0 Å². The van der Waals surface area contributed by atoms with Gasteiger partial charge in [0.05, 0.1) is 4.90 Å². The Morgan fingerprint density at radius 1 is 1.16 bits per heavy atom. The predicted molar refractivity (Wildman–Crippen MR) is 99.2 cm³/mol. The summed E-state index contributed by atoms with van der Waals surface area (Å²) in [5, 5.41) is 2.85. The maximum absolute atomic E-state index is 12.8. The minimum absolute atomic E-state index is 0.204. The standard InChI is InChI=1S/C18H29N3O3S/c1-20(2)12-8-11-19-18(22)16-9-7-10-17(15-16)25(23,24)21-13-5-3-4-6-14-21/h7,9-10,15H,3-6,8,11-14H2,1-2H3,(H,19,22). The fraction of sp³-hybridized carbons (Fsp3) is 0.611. The molecule has 1 fully saturated rings. The van der Waals surface area contributed by atoms with Gasteiger partial charge in [0.15, 0.2) is 0 Å². The average molecular weight is 368 g/mol. The Morgan fingerprint density at radius 3 is 2.48 bits per heavy atom. The third-order valence-electron chi connectivity index (χ3n) is 4.37. The van der Waals surface area contributed by atoms with E-state index < -0.39 is 10.0 Å². The second kappa shape index (κ2) is 9.31. The van der Waals surface area contributed by atoms with Crippen LogP contribution in [0.5, 0.6) is 0 Å². The molecule has 0 radical (unpaired) electrons. The zero-order chi connectivity index (χ0) is 18.3. The molecule has 140 valence electrons. The summed E-state index contributed by atoms with van der Waals surface area (Å²) in [5.41, 5.74) is 0.390. The summed E-state index contributed by atoms with van der Waals surface area (Å²) in [4.78, 5) is 14.5. The maximum atomic E-state index is 12.8. The van der Waals surface area contributed by atoms with E-state index in [0.717, 1.165) is 38.6 Å². The second-order valence-electron chi connectivity index (χ2n) is 6.76. The zero-order valence-electron chi connectivity index (χ0n) is 15.2. The van der Waals surface area contributed by atoms with Gasteiger partial charge in [-0.1, -0.05) is 18.9 Å². The van der Waals surface area contributed by atoms with Gasteiger partial charge in [0, 0.05) is 25.2 Å². The van der Waals surface area contributed by atoms with E-state index in [4.69, 9.17) is 0 Å². The van der Waals surface area contributed by atoms with Crippen molar-refractivity contribution in [1.82, 2.24) is 14.5 Å². The van der Waals surface area contributed by atoms with Crippen molar-refractivity contribution >= 4 is 15.9 Å². The first kappa shape index (κ1) is 19.9. The molecule has 0 aliphatic carbocycles. The molecule has 1 aliphatic rings. The number of carbonyl (C=O) groups is 1. The van der Waals surface area contributed by atoms with E-state index >= 15 is 0 Å². The van der Waals surface area contributed by atoms with E-state index in [0.29, 0.717) is 25.2 Å². The van der Waals surface area contributed by atoms with Gasteiger partial charge in [-0.25, -0.2) is 8.42 Å². The van der Waals surface area contributed by atoms with Crippen LogP contribution in [0.15, 0.2) is 29.2 Å². The van der Waals surface area contributed by atoms with Gasteiger partial charge in [0.25, 0.3) is 5.91 Å². The normalized spacial score (nSPS) is 16.6. The van der Waals surface area contributed by atoms with Gasteiger partial charge in [0.1, 0.15) is 0 Å². The number of hydrogen-bond donors (Lipinski definition) is 1. The van der Waals surface area contributed by atoms with Gasteiger partial charge >= 0.3 is 0 Å². The van der Waals surface area contributed by atoms with Crippen LogP contribution >= 0.6 is 0 Å². The van der Waals surface area contributed by atoms with Crippen molar-refractivity contribution in [2.75, 3.05) is 40.3 Å². The van der Waals surface area contributed by atoms with Crippen LogP contribution in [0.1, 0.15) is 42.5 Å². The number of nitrogens with one attached hydrogen (secondary N) is 1. The Hall–Kier alpha value is -1.44. The number of rotatable bonds is 7. The molecule has 6 nitrogen and oxygen atoms in total. The van der Waals surface area contributed by atoms with Crippen molar-refractivity contribution < 1.29 is 13.2 Å². The lowest BCUT2D eigenvalue weighted by atomic mass is 10.2. The first-order chi connectivity index (χ1) is 11.9. The number of benzene rings is 1. The van der Waals surface area contributed by atoms with Crippen molar-refractivity contribution in [3.8, 4) is 0 Å². The molecule has 0 spiro atoms. The summed E-state index contributed by atoms with van der Waals surface area (Å²) in [7, 11) is 0.439. The Morgan fingerprint density at radius 2 is 1.84 bits per heavy atom. The maximum Gasteiger partial charge on any atom is 0.251 e. The second-order valence-corrected chi connectivity index (χ2v) is 8.70. The minimum Gasteiger partial charge on any atom is -0.352 e. The quantitative estimate of drug-likeness (QED) is 0.748. The molecule has 7 heteroatoms. The van der Waals surface area contributed by atoms with E-state index in [1.54, 1.807) is 22.5 Å². The highest BCUT2D eigenvalue weighted by Gasteiger charge is 2.25. The lowest BCUT2D eigenvalue weighted by Gasteiger charge is -2.20. The van der Waals surface area contributed by atoms with Crippen molar-refractivity contribution in [2.45, 2.75) is 37.0 Å². The molecule has 0 unspecified atom stereocenters. The van der Waals surface area contributed by atoms with Crippen LogP contribution in [0.4, 0.5) is 0 Å². The molecule has 1 aliphatic heterocycles. The van der Waals surface area contributed by atoms with E-state index in [2.05, 4.69) is 10.2 Å². The molecular weight excluding hydrogens is 338 g/mol. The molecular formula is C18H29N3O3S. The topological polar surface area (TPSA) is 69.7 Å². The van der Waals surface area contributed by atoms with Crippen LogP contribution < -0.4 is 5.32 Å². The van der Waals surface area contributed by atoms with Crippen molar-refractivity contribution in [1.29, 1.82) is 0 Å². The van der Waals surface area contributed by atoms with Crippen LogP contribution in [0.2, 0.25) is 0 Å². The smallest absolute Gasteiger partial charge is 0.251 e. The highest BCUT2D eigenvalue weighted by molar-refractivity contribution is 7.89. The summed E-state index contributed by atoms with van der Waals surface area (Å²) in [6.45, 7) is 2.58. The van der Waals surface area contributed by atoms with Crippen LogP contribution in [-0.4, -0.2) is 63.8 Å². The molecule has 25 heavy (non-hydrogen) atoms. The predicted octanol–water partition coefficient (Wildman–Crippen LogP) is 1.93. The van der Waals surface area contributed by atoms with Crippen molar-refractivity contribution in [3.05, 3.63) is 29.8 Å². The minimum atomic E-state index is -3.53. The number of hydrogen-bond acceptors (Lipinski definition) is 4. The molecule has 1 saturated heterocycles. The monoisotopic (exact) mass is 367 g/mol. The molecule has 0 atom stereocenters. The summed E-state index contributed by atoms with van der Waals surface area (Å²) in [5.74, 6) is -0.230. The fourth-order valence-electron chi connectivity index (χ4n) is 2.93. The van der Waals surface area contributed by atoms with Gasteiger partial charge < -0.3 is 10.2 Å². The van der Waals surface area contributed by atoms with Gasteiger partial charge in [-0.05, 0) is 58.1 Å². The molecule has 1 N–H and O–H groups in total. The summed E-state index contributed by atoms with van der Waals surface area (Å²) >= 11 is 0. The number of nitrogens with zero attached hydrogens (tertiary/aromatic N) is 2. The van der Waals surface area contributed by atoms with Crippen LogP contribution in [0.25, 0.3) is 0 Å². The first-order valence-corrected chi connectivity index (χ1v) is 10.4. The Labute approximate surface area is 151 Å². The first-order valence-electron chi connectivity index (χ1n) is 8.94. The molecule has 1 aromatic carbocycles. The lowest BCUT2D eigenvalue weighted by molar-refractivity contribution is 0.0952. The molecule has 2 rings (SSSR count). The number of carbonyl (C=O) groups excluding carboxylic acids is 1. The largest absolute Gasteiger partial charge is 0.352 e. The summed E-state index contributed by atoms with van der Waals surface area (Å²) in [6.07, 6.45) is 4.78. The van der Waals surface area contributed by atoms with Gasteiger partial charge in [-0.3, -0.25) is 4.79 Å². The number of sulfonamides is 1. The summed E-state index contributed by atoms with van der Waals surface area (Å²) < 4.78 is 27.2. The Balaban J connectivity index is 2.05. The van der Waals surface area contributed by atoms with Crippen molar-refractivity contribution in [2.24, 2.45) is 0 Å². The third kappa shape index (κ3) is 5.80. The number of amides is 1. The highest BCUT2D eigenvalue weighted by atomic mass is 32.2. The molecule has 1 aromatic rings. The van der Waals surface area contributed by atoms with Crippen molar-refractivity contribution in [3.63, 3.8) is 0 Å².